The van der Waals surface area contributed by atoms with Crippen molar-refractivity contribution in [1.29, 1.82) is 0 Å². The zero-order chi connectivity index (χ0) is 30.2. The first-order valence-electron chi connectivity index (χ1n) is 13.6. The molecule has 41 heavy (non-hydrogen) atoms. The van der Waals surface area contributed by atoms with Crippen LogP contribution >= 0.6 is 0 Å². The number of aliphatic hydroxyl groups excluding tert-OH is 1. The molecule has 3 rings (SSSR count). The van der Waals surface area contributed by atoms with E-state index in [1.54, 1.807) is 51.1 Å². The first-order chi connectivity index (χ1) is 19.2. The number of benzene rings is 2. The van der Waals surface area contributed by atoms with Crippen molar-refractivity contribution in [1.82, 2.24) is 20.7 Å². The molecule has 0 unspecified atom stereocenters. The van der Waals surface area contributed by atoms with E-state index in [1.807, 2.05) is 29.6 Å². The number of ether oxygens (including phenoxy) is 1. The van der Waals surface area contributed by atoms with E-state index in [0.29, 0.717) is 5.56 Å². The monoisotopic (exact) mass is 579 g/mol. The van der Waals surface area contributed by atoms with Crippen LogP contribution in [0.25, 0.3) is 0 Å². The van der Waals surface area contributed by atoms with Gasteiger partial charge in [-0.05, 0) is 57.5 Å². The third kappa shape index (κ3) is 10.9. The minimum Gasteiger partial charge on any atom is -0.443 e. The van der Waals surface area contributed by atoms with Crippen molar-refractivity contribution in [2.45, 2.75) is 57.7 Å². The summed E-state index contributed by atoms with van der Waals surface area (Å²) in [7, 11) is 2.08. The van der Waals surface area contributed by atoms with E-state index in [0.717, 1.165) is 37.4 Å². The Labute approximate surface area is 239 Å². The van der Waals surface area contributed by atoms with Crippen LogP contribution in [0.15, 0.2) is 54.6 Å². The number of hydrogen-bond acceptors (Lipinski definition) is 7. The third-order valence-electron chi connectivity index (χ3n) is 6.57. The molecule has 9 nitrogen and oxygen atoms in total. The lowest BCUT2D eigenvalue weighted by atomic mass is 10.0. The molecule has 2 atom stereocenters. The predicted octanol–water partition coefficient (Wildman–Crippen LogP) is 3.33. The predicted molar refractivity (Wildman–Crippen MR) is 150 cm³/mol. The topological polar surface area (TPSA) is 97.4 Å². The molecule has 0 aromatic heterocycles. The zero-order valence-corrected chi connectivity index (χ0v) is 23.9. The molecule has 226 valence electrons. The van der Waals surface area contributed by atoms with Gasteiger partial charge in [-0.25, -0.2) is 9.80 Å². The van der Waals surface area contributed by atoms with Crippen LogP contribution in [0.3, 0.4) is 0 Å². The largest absolute Gasteiger partial charge is 0.471 e. The smallest absolute Gasteiger partial charge is 0.443 e. The Morgan fingerprint density at radius 3 is 2.15 bits per heavy atom. The Hall–Kier alpha value is -3.35. The normalized spacial score (nSPS) is 16.3. The van der Waals surface area contributed by atoms with Gasteiger partial charge >= 0.3 is 18.2 Å². The number of nitrogens with one attached hydrogen (secondary N) is 2. The van der Waals surface area contributed by atoms with Crippen molar-refractivity contribution in [2.24, 2.45) is 0 Å². The Morgan fingerprint density at radius 2 is 1.59 bits per heavy atom. The SMILES string of the molecule is CN1CCN(c2ccc(CN(C[C@H](O)[C@H](Cc3ccccc3)NC(=O)C(F)(F)F)NC(=O)OC(C)(C)C)cc2)CC1. The first kappa shape index (κ1) is 32.2. The number of rotatable bonds is 10. The van der Waals surface area contributed by atoms with Crippen LogP contribution in [0.4, 0.5) is 23.7 Å². The highest BCUT2D eigenvalue weighted by molar-refractivity contribution is 5.82. The maximum atomic E-state index is 13.1. The van der Waals surface area contributed by atoms with Crippen LogP contribution in [0.2, 0.25) is 0 Å². The minimum absolute atomic E-state index is 0.0518. The highest BCUT2D eigenvalue weighted by atomic mass is 19.4. The molecular weight excluding hydrogens is 539 g/mol. The summed E-state index contributed by atoms with van der Waals surface area (Å²) < 4.78 is 44.6. The molecule has 0 spiro atoms. The van der Waals surface area contributed by atoms with Crippen LogP contribution in [-0.2, 0) is 22.5 Å². The van der Waals surface area contributed by atoms with E-state index in [9.17, 15) is 27.9 Å². The van der Waals surface area contributed by atoms with E-state index in [1.165, 1.54) is 5.01 Å². The molecule has 1 saturated heterocycles. The van der Waals surface area contributed by atoms with Gasteiger partial charge in [0.15, 0.2) is 0 Å². The van der Waals surface area contributed by atoms with Crippen molar-refractivity contribution in [3.8, 4) is 0 Å². The first-order valence-corrected chi connectivity index (χ1v) is 13.6. The number of piperazine rings is 1. The third-order valence-corrected chi connectivity index (χ3v) is 6.57. The summed E-state index contributed by atoms with van der Waals surface area (Å²) in [5.74, 6) is -2.15. The van der Waals surface area contributed by atoms with Crippen LogP contribution < -0.4 is 15.6 Å². The van der Waals surface area contributed by atoms with Crippen molar-refractivity contribution >= 4 is 17.7 Å². The molecule has 1 aliphatic heterocycles. The summed E-state index contributed by atoms with van der Waals surface area (Å²) >= 11 is 0. The maximum Gasteiger partial charge on any atom is 0.471 e. The Balaban J connectivity index is 1.77. The Bertz CT molecular complexity index is 1120. The number of aliphatic hydroxyl groups is 1. The van der Waals surface area contributed by atoms with E-state index < -0.39 is 35.9 Å². The molecule has 1 aliphatic rings. The van der Waals surface area contributed by atoms with Crippen LogP contribution in [0, 0.1) is 0 Å². The maximum absolute atomic E-state index is 13.1. The van der Waals surface area contributed by atoms with Crippen LogP contribution in [0.1, 0.15) is 31.9 Å². The zero-order valence-electron chi connectivity index (χ0n) is 23.9. The van der Waals surface area contributed by atoms with Gasteiger partial charge in [0.25, 0.3) is 0 Å². The molecule has 12 heteroatoms. The van der Waals surface area contributed by atoms with Crippen molar-refractivity contribution < 1.29 is 32.6 Å². The van der Waals surface area contributed by atoms with Gasteiger partial charge in [0.1, 0.15) is 5.60 Å². The summed E-state index contributed by atoms with van der Waals surface area (Å²) in [6, 6.07) is 15.0. The molecule has 0 saturated carbocycles. The number of likely N-dealkylation sites (N-methyl/N-ethyl adjacent to an activating group) is 1. The molecule has 0 bridgehead atoms. The number of carbonyl (C=O) groups is 2. The van der Waals surface area contributed by atoms with Gasteiger partial charge in [0.05, 0.1) is 12.1 Å². The van der Waals surface area contributed by atoms with Gasteiger partial charge in [-0.2, -0.15) is 13.2 Å². The van der Waals surface area contributed by atoms with E-state index in [2.05, 4.69) is 22.3 Å². The van der Waals surface area contributed by atoms with Crippen LogP contribution in [0.5, 0.6) is 0 Å². The fourth-order valence-electron chi connectivity index (χ4n) is 4.43. The summed E-state index contributed by atoms with van der Waals surface area (Å²) in [6.07, 6.45) is -7.42. The van der Waals surface area contributed by atoms with Gasteiger partial charge in [-0.1, -0.05) is 42.5 Å². The highest BCUT2D eigenvalue weighted by Crippen LogP contribution is 2.19. The van der Waals surface area contributed by atoms with Gasteiger partial charge < -0.3 is 25.0 Å². The standard InChI is InChI=1S/C29H40F3N5O4/c1-28(2,3)41-27(40)34-37(19-22-10-12-23(13-11-22)36-16-14-35(4)15-17-36)20-25(38)24(33-26(39)29(30,31)32)18-21-8-6-5-7-9-21/h5-13,24-25,38H,14-20H2,1-4H3,(H,33,39)(H,34,40)/t24-,25-/m0/s1. The lowest BCUT2D eigenvalue weighted by Gasteiger charge is -2.34. The number of hydrazine groups is 1. The van der Waals surface area contributed by atoms with Crippen molar-refractivity contribution in [3.05, 3.63) is 65.7 Å². The lowest BCUT2D eigenvalue weighted by molar-refractivity contribution is -0.175. The summed E-state index contributed by atoms with van der Waals surface area (Å²) in [5.41, 5.74) is 4.29. The minimum atomic E-state index is -5.12. The fourth-order valence-corrected chi connectivity index (χ4v) is 4.43. The number of hydrogen-bond donors (Lipinski definition) is 3. The van der Waals surface area contributed by atoms with Crippen molar-refractivity contribution in [3.63, 3.8) is 0 Å². The molecule has 2 aromatic rings. The van der Waals surface area contributed by atoms with E-state index in [4.69, 9.17) is 4.74 Å². The van der Waals surface area contributed by atoms with Gasteiger partial charge in [-0.3, -0.25) is 10.2 Å². The van der Waals surface area contributed by atoms with Crippen LogP contribution in [-0.4, -0.2) is 90.7 Å². The average molecular weight is 580 g/mol. The van der Waals surface area contributed by atoms with Crippen molar-refractivity contribution in [2.75, 3.05) is 44.7 Å². The molecule has 0 radical (unpaired) electrons. The van der Waals surface area contributed by atoms with Gasteiger partial charge in [0.2, 0.25) is 0 Å². The highest BCUT2D eigenvalue weighted by Gasteiger charge is 2.41. The molecule has 1 heterocycles. The summed E-state index contributed by atoms with van der Waals surface area (Å²) in [6.45, 7) is 8.67. The average Bonchev–Trinajstić information content (AvgIpc) is 2.88. The fraction of sp³-hybridized carbons (Fsp3) is 0.517. The summed E-state index contributed by atoms with van der Waals surface area (Å²) in [4.78, 5) is 29.0. The molecular formula is C29H40F3N5O4. The second-order valence-electron chi connectivity index (χ2n) is 11.3. The van der Waals surface area contributed by atoms with Gasteiger partial charge in [-0.15, -0.1) is 0 Å². The number of halogens is 3. The van der Waals surface area contributed by atoms with E-state index >= 15 is 0 Å². The second kappa shape index (κ2) is 14.0. The number of amides is 2. The molecule has 2 aromatic carbocycles. The van der Waals surface area contributed by atoms with E-state index in [-0.39, 0.29) is 19.5 Å². The summed E-state index contributed by atoms with van der Waals surface area (Å²) in [5, 5.41) is 14.4. The molecule has 1 fully saturated rings. The molecule has 2 amide bonds. The quantitative estimate of drug-likeness (QED) is 0.372. The number of carbonyl (C=O) groups excluding carboxylic acids is 2. The number of alkyl halides is 3. The number of nitrogens with zero attached hydrogens (tertiary/aromatic N) is 3. The Morgan fingerprint density at radius 1 is 0.976 bits per heavy atom. The lowest BCUT2D eigenvalue weighted by Crippen LogP contribution is -2.55. The molecule has 3 N–H and O–H groups in total. The number of anilines is 1. The second-order valence-corrected chi connectivity index (χ2v) is 11.3. The molecule has 0 aliphatic carbocycles. The van der Waals surface area contributed by atoms with Gasteiger partial charge in [0, 0.05) is 45.0 Å². The Kier molecular flexibility index (Phi) is 11.0.